The Labute approximate surface area is 77.0 Å². The summed E-state index contributed by atoms with van der Waals surface area (Å²) in [5.41, 5.74) is 5.56. The Hall–Kier alpha value is -0.690. The zero-order valence-corrected chi connectivity index (χ0v) is 7.82. The Balaban J connectivity index is 2.26. The Morgan fingerprint density at radius 2 is 2.46 bits per heavy atom. The number of nitrogens with zero attached hydrogens (tertiary/aromatic N) is 2. The predicted octanol–water partition coefficient (Wildman–Crippen LogP) is -4.30. The van der Waals surface area contributed by atoms with Crippen molar-refractivity contribution in [2.45, 2.75) is 18.5 Å². The van der Waals surface area contributed by atoms with Gasteiger partial charge in [-0.2, -0.15) is 0 Å². The van der Waals surface area contributed by atoms with E-state index in [1.165, 1.54) is 4.90 Å². The third-order valence-corrected chi connectivity index (χ3v) is 2.69. The Morgan fingerprint density at radius 3 is 3.15 bits per heavy atom. The molecule has 4 unspecified atom stereocenters. The van der Waals surface area contributed by atoms with Crippen LogP contribution in [0.1, 0.15) is 0 Å². The fraction of sp³-hybridized carbons (Fsp3) is 0.857. The second kappa shape index (κ2) is 2.91. The summed E-state index contributed by atoms with van der Waals surface area (Å²) in [6, 6.07) is -0.139. The van der Waals surface area contributed by atoms with Gasteiger partial charge in [0, 0.05) is 0 Å². The molecule has 0 radical (unpaired) electrons. The van der Waals surface area contributed by atoms with Crippen molar-refractivity contribution in [2.24, 2.45) is 10.7 Å². The van der Waals surface area contributed by atoms with E-state index in [0.717, 1.165) is 6.67 Å². The van der Waals surface area contributed by atoms with E-state index in [2.05, 4.69) is 10.3 Å². The number of nitrogens with two attached hydrogens (primary N) is 1. The van der Waals surface area contributed by atoms with E-state index in [9.17, 15) is 5.11 Å². The normalized spacial score (nSPS) is 45.9. The SMILES string of the molecule is CN1C[NH+](C)C2NC(N)N=C([O-])C21. The lowest BCUT2D eigenvalue weighted by Gasteiger charge is -2.34. The summed E-state index contributed by atoms with van der Waals surface area (Å²) in [5, 5.41) is 14.6. The molecule has 2 aliphatic heterocycles. The minimum atomic E-state index is -0.532. The number of hydrogen-bond acceptors (Lipinski definition) is 5. The van der Waals surface area contributed by atoms with Crippen molar-refractivity contribution in [1.29, 1.82) is 0 Å². The van der Waals surface area contributed by atoms with Crippen LogP contribution in [0.25, 0.3) is 0 Å². The maximum Gasteiger partial charge on any atom is 0.165 e. The van der Waals surface area contributed by atoms with Gasteiger partial charge >= 0.3 is 0 Å². The molecule has 1 fully saturated rings. The molecule has 0 amide bonds. The van der Waals surface area contributed by atoms with Crippen molar-refractivity contribution >= 4 is 5.90 Å². The van der Waals surface area contributed by atoms with Crippen LogP contribution in [0, 0.1) is 0 Å². The first kappa shape index (κ1) is 8.89. The lowest BCUT2D eigenvalue weighted by Crippen LogP contribution is -3.14. The largest absolute Gasteiger partial charge is 0.861 e. The highest BCUT2D eigenvalue weighted by Crippen LogP contribution is 2.07. The number of rotatable bonds is 0. The molecule has 4 N–H and O–H groups in total. The number of aliphatic imine (C=N–C) groups is 1. The van der Waals surface area contributed by atoms with Crippen molar-refractivity contribution in [3.63, 3.8) is 0 Å². The van der Waals surface area contributed by atoms with Crippen LogP contribution < -0.4 is 21.1 Å². The van der Waals surface area contributed by atoms with E-state index in [0.29, 0.717) is 0 Å². The fourth-order valence-corrected chi connectivity index (χ4v) is 2.11. The summed E-state index contributed by atoms with van der Waals surface area (Å²) in [6.45, 7) is 0.844. The topological polar surface area (TPSA) is 81.2 Å². The van der Waals surface area contributed by atoms with Crippen molar-refractivity contribution in [3.8, 4) is 0 Å². The number of quaternary nitrogens is 1. The quantitative estimate of drug-likeness (QED) is 0.357. The lowest BCUT2D eigenvalue weighted by atomic mass is 10.2. The Kier molecular flexibility index (Phi) is 1.99. The molecule has 4 atom stereocenters. The third-order valence-electron chi connectivity index (χ3n) is 2.69. The first-order valence-electron chi connectivity index (χ1n) is 4.38. The van der Waals surface area contributed by atoms with Gasteiger partial charge in [0.15, 0.2) is 12.5 Å². The van der Waals surface area contributed by atoms with Gasteiger partial charge in [-0.3, -0.25) is 10.7 Å². The van der Waals surface area contributed by atoms with Crippen LogP contribution in [0.3, 0.4) is 0 Å². The van der Waals surface area contributed by atoms with Crippen LogP contribution >= 0.6 is 0 Å². The number of fused-ring (bicyclic) bond motifs is 1. The first-order valence-corrected chi connectivity index (χ1v) is 4.38. The molecule has 6 heteroatoms. The summed E-state index contributed by atoms with van der Waals surface area (Å²) in [6.07, 6.45) is -0.444. The minimum absolute atomic E-state index is 0.0880. The molecule has 0 aromatic heterocycles. The molecule has 2 heterocycles. The van der Waals surface area contributed by atoms with Crippen molar-refractivity contribution in [2.75, 3.05) is 20.8 Å². The molecule has 0 aliphatic carbocycles. The second-order valence-electron chi connectivity index (χ2n) is 3.76. The van der Waals surface area contributed by atoms with Gasteiger partial charge in [0.1, 0.15) is 12.7 Å². The van der Waals surface area contributed by atoms with Gasteiger partial charge < -0.3 is 10.0 Å². The predicted molar refractivity (Wildman–Crippen MR) is 45.6 cm³/mol. The maximum atomic E-state index is 11.5. The van der Waals surface area contributed by atoms with Gasteiger partial charge in [0.2, 0.25) is 0 Å². The van der Waals surface area contributed by atoms with E-state index in [1.54, 1.807) is 0 Å². The van der Waals surface area contributed by atoms with E-state index in [4.69, 9.17) is 5.73 Å². The molecule has 6 nitrogen and oxygen atoms in total. The summed E-state index contributed by atoms with van der Waals surface area (Å²) in [7, 11) is 3.97. The van der Waals surface area contributed by atoms with E-state index in [1.807, 2.05) is 19.0 Å². The zero-order valence-electron chi connectivity index (χ0n) is 7.82. The van der Waals surface area contributed by atoms with Crippen LogP contribution in [0.5, 0.6) is 0 Å². The first-order chi connectivity index (χ1) is 6.09. The van der Waals surface area contributed by atoms with E-state index in [-0.39, 0.29) is 18.1 Å². The summed E-state index contributed by atoms with van der Waals surface area (Å²) < 4.78 is 0. The third kappa shape index (κ3) is 1.31. The monoisotopic (exact) mass is 185 g/mol. The molecule has 0 spiro atoms. The number of likely N-dealkylation sites (N-methyl/N-ethyl adjacent to an activating group) is 2. The van der Waals surface area contributed by atoms with Gasteiger partial charge in [-0.05, 0) is 12.9 Å². The van der Waals surface area contributed by atoms with Crippen LogP contribution in [-0.4, -0.2) is 50.1 Å². The molecule has 2 aliphatic rings. The standard InChI is InChI=1S/C7H15N5O/c1-11-3-12(2)5-4(11)6(13)10-7(8)9-5/h4-5,7,9H,3,8H2,1-2H3,(H,10,13). The van der Waals surface area contributed by atoms with Gasteiger partial charge in [-0.15, -0.1) is 0 Å². The van der Waals surface area contributed by atoms with E-state index < -0.39 is 6.29 Å². The Bertz CT molecular complexity index is 243. The smallest absolute Gasteiger partial charge is 0.165 e. The summed E-state index contributed by atoms with van der Waals surface area (Å²) >= 11 is 0. The molecule has 0 aromatic carbocycles. The van der Waals surface area contributed by atoms with Crippen LogP contribution in [0.15, 0.2) is 4.99 Å². The molecular weight excluding hydrogens is 170 g/mol. The average Bonchev–Trinajstić information content (AvgIpc) is 2.27. The highest BCUT2D eigenvalue weighted by molar-refractivity contribution is 5.79. The molecule has 1 saturated heterocycles. The zero-order chi connectivity index (χ0) is 9.59. The molecule has 2 rings (SSSR count). The van der Waals surface area contributed by atoms with Gasteiger partial charge in [0.25, 0.3) is 0 Å². The van der Waals surface area contributed by atoms with Crippen molar-refractivity contribution < 1.29 is 10.0 Å². The molecular formula is C7H15N5O. The van der Waals surface area contributed by atoms with Gasteiger partial charge in [-0.1, -0.05) is 0 Å². The van der Waals surface area contributed by atoms with E-state index >= 15 is 0 Å². The van der Waals surface area contributed by atoms with Gasteiger partial charge in [-0.25, -0.2) is 10.2 Å². The highest BCUT2D eigenvalue weighted by Gasteiger charge is 2.42. The molecule has 0 saturated carbocycles. The maximum absolute atomic E-state index is 11.5. The summed E-state index contributed by atoms with van der Waals surface area (Å²) in [5.74, 6) is -0.101. The molecule has 0 bridgehead atoms. The van der Waals surface area contributed by atoms with Crippen LogP contribution in [0.4, 0.5) is 0 Å². The van der Waals surface area contributed by atoms with Gasteiger partial charge in [0.05, 0.1) is 7.05 Å². The highest BCUT2D eigenvalue weighted by atomic mass is 16.3. The number of nitrogens with one attached hydrogen (secondary N) is 2. The lowest BCUT2D eigenvalue weighted by molar-refractivity contribution is -0.900. The fourth-order valence-electron chi connectivity index (χ4n) is 2.11. The second-order valence-corrected chi connectivity index (χ2v) is 3.76. The minimum Gasteiger partial charge on any atom is -0.861 e. The number of hydrogen-bond donors (Lipinski definition) is 3. The average molecular weight is 185 g/mol. The molecule has 74 valence electrons. The Morgan fingerprint density at radius 1 is 1.77 bits per heavy atom. The summed E-state index contributed by atoms with van der Waals surface area (Å²) in [4.78, 5) is 7.04. The molecule has 13 heavy (non-hydrogen) atoms. The van der Waals surface area contributed by atoms with Crippen LogP contribution in [-0.2, 0) is 0 Å². The van der Waals surface area contributed by atoms with Crippen molar-refractivity contribution in [1.82, 2.24) is 10.2 Å². The molecule has 0 aromatic rings. The van der Waals surface area contributed by atoms with Crippen molar-refractivity contribution in [3.05, 3.63) is 0 Å². The van der Waals surface area contributed by atoms with Crippen LogP contribution in [0.2, 0.25) is 0 Å².